The second kappa shape index (κ2) is 6.28. The van der Waals surface area contributed by atoms with Crippen LogP contribution in [0.3, 0.4) is 0 Å². The third-order valence-corrected chi connectivity index (χ3v) is 5.54. The van der Waals surface area contributed by atoms with Crippen molar-refractivity contribution in [1.82, 2.24) is 15.2 Å². The van der Waals surface area contributed by atoms with Crippen LogP contribution in [-0.2, 0) is 0 Å². The highest BCUT2D eigenvalue weighted by molar-refractivity contribution is 7.15. The highest BCUT2D eigenvalue weighted by atomic mass is 32.1. The number of nitrogens with zero attached hydrogens (tertiary/aromatic N) is 3. The number of carbonyl (C=O) groups is 1. The molecule has 1 N–H and O–H groups in total. The van der Waals surface area contributed by atoms with Gasteiger partial charge in [-0.2, -0.15) is 0 Å². The molecule has 1 aromatic carbocycles. The van der Waals surface area contributed by atoms with Gasteiger partial charge >= 0.3 is 0 Å². The molecule has 1 aliphatic carbocycles. The molecule has 6 nitrogen and oxygen atoms in total. The Hall–Kier alpha value is -3.06. The second-order valence-electron chi connectivity index (χ2n) is 6.66. The molecule has 3 aromatic heterocycles. The van der Waals surface area contributed by atoms with Crippen molar-refractivity contribution in [2.75, 3.05) is 5.32 Å². The van der Waals surface area contributed by atoms with Crippen LogP contribution < -0.4 is 5.32 Å². The maximum atomic E-state index is 13.0. The normalized spacial score (nSPS) is 13.8. The summed E-state index contributed by atoms with van der Waals surface area (Å²) in [6.07, 6.45) is 2.31. The molecule has 0 aliphatic heterocycles. The van der Waals surface area contributed by atoms with Crippen LogP contribution in [0.5, 0.6) is 0 Å². The van der Waals surface area contributed by atoms with E-state index in [1.165, 1.54) is 11.3 Å². The SMILES string of the molecule is Cc1ccc(-c2cc(C(=O)Nc3nnc(C4CC4)s3)c3ccccc3n2)o1. The Balaban J connectivity index is 1.54. The average molecular weight is 376 g/mol. The van der Waals surface area contributed by atoms with Crippen LogP contribution in [0, 0.1) is 6.92 Å². The molecule has 0 unspecified atom stereocenters. The summed E-state index contributed by atoms with van der Waals surface area (Å²) in [6.45, 7) is 1.88. The number of pyridine rings is 1. The van der Waals surface area contributed by atoms with Crippen molar-refractivity contribution in [3.63, 3.8) is 0 Å². The average Bonchev–Trinajstić information content (AvgIpc) is 3.27. The number of furan rings is 1. The van der Waals surface area contributed by atoms with Crippen LogP contribution >= 0.6 is 11.3 Å². The van der Waals surface area contributed by atoms with Crippen molar-refractivity contribution in [2.24, 2.45) is 0 Å². The highest BCUT2D eigenvalue weighted by Crippen LogP contribution is 2.42. The number of para-hydroxylation sites is 1. The summed E-state index contributed by atoms with van der Waals surface area (Å²) in [5.41, 5.74) is 1.90. The summed E-state index contributed by atoms with van der Waals surface area (Å²) in [6, 6.07) is 13.1. The van der Waals surface area contributed by atoms with Crippen molar-refractivity contribution >= 4 is 33.3 Å². The van der Waals surface area contributed by atoms with Gasteiger partial charge in [-0.1, -0.05) is 29.5 Å². The number of carbonyl (C=O) groups excluding carboxylic acids is 1. The van der Waals surface area contributed by atoms with Crippen LogP contribution in [0.25, 0.3) is 22.4 Å². The molecule has 1 aliphatic rings. The maximum absolute atomic E-state index is 13.0. The first kappa shape index (κ1) is 16.1. The van der Waals surface area contributed by atoms with Crippen molar-refractivity contribution < 1.29 is 9.21 Å². The van der Waals surface area contributed by atoms with Gasteiger partial charge in [-0.15, -0.1) is 10.2 Å². The van der Waals surface area contributed by atoms with Gasteiger partial charge in [0.15, 0.2) is 5.76 Å². The predicted octanol–water partition coefficient (Wildman–Crippen LogP) is 4.78. The first-order chi connectivity index (χ1) is 13.2. The number of aryl methyl sites for hydroxylation is 1. The molecule has 5 rings (SSSR count). The largest absolute Gasteiger partial charge is 0.460 e. The number of anilines is 1. The first-order valence-corrected chi connectivity index (χ1v) is 9.60. The van der Waals surface area contributed by atoms with Crippen molar-refractivity contribution in [2.45, 2.75) is 25.7 Å². The van der Waals surface area contributed by atoms with Gasteiger partial charge < -0.3 is 4.42 Å². The molecule has 4 aromatic rings. The van der Waals surface area contributed by atoms with E-state index >= 15 is 0 Å². The van der Waals surface area contributed by atoms with Crippen molar-refractivity contribution in [3.05, 3.63) is 58.8 Å². The van der Waals surface area contributed by atoms with Crippen LogP contribution in [-0.4, -0.2) is 21.1 Å². The van der Waals surface area contributed by atoms with E-state index in [0.29, 0.717) is 28.1 Å². The number of rotatable bonds is 4. The molecule has 0 radical (unpaired) electrons. The smallest absolute Gasteiger partial charge is 0.258 e. The minimum absolute atomic E-state index is 0.225. The fourth-order valence-corrected chi connectivity index (χ4v) is 3.91. The van der Waals surface area contributed by atoms with E-state index in [4.69, 9.17) is 4.42 Å². The molecule has 1 fully saturated rings. The number of nitrogens with one attached hydrogen (secondary N) is 1. The summed E-state index contributed by atoms with van der Waals surface area (Å²) in [5, 5.41) is 13.5. The zero-order valence-corrected chi connectivity index (χ0v) is 15.4. The van der Waals surface area contributed by atoms with Gasteiger partial charge in [-0.3, -0.25) is 10.1 Å². The first-order valence-electron chi connectivity index (χ1n) is 8.79. The second-order valence-corrected chi connectivity index (χ2v) is 7.67. The molecule has 1 amide bonds. The molecule has 1 saturated carbocycles. The van der Waals surface area contributed by atoms with E-state index in [1.807, 2.05) is 43.3 Å². The molecule has 3 heterocycles. The van der Waals surface area contributed by atoms with Gasteiger partial charge in [0.05, 0.1) is 11.1 Å². The van der Waals surface area contributed by atoms with Gasteiger partial charge in [0.25, 0.3) is 5.91 Å². The lowest BCUT2D eigenvalue weighted by Crippen LogP contribution is -2.13. The number of hydrogen-bond donors (Lipinski definition) is 1. The summed E-state index contributed by atoms with van der Waals surface area (Å²) in [7, 11) is 0. The molecule has 0 atom stereocenters. The van der Waals surface area contributed by atoms with E-state index in [1.54, 1.807) is 6.07 Å². The van der Waals surface area contributed by atoms with Gasteiger partial charge in [0.1, 0.15) is 16.5 Å². The zero-order valence-electron chi connectivity index (χ0n) is 14.6. The van der Waals surface area contributed by atoms with Gasteiger partial charge in [0.2, 0.25) is 5.13 Å². The summed E-state index contributed by atoms with van der Waals surface area (Å²) in [5.74, 6) is 1.73. The Bertz CT molecular complexity index is 1160. The molecule has 0 bridgehead atoms. The zero-order chi connectivity index (χ0) is 18.4. The Morgan fingerprint density at radius 3 is 2.81 bits per heavy atom. The Kier molecular flexibility index (Phi) is 3.75. The number of aromatic nitrogens is 3. The van der Waals surface area contributed by atoms with Gasteiger partial charge in [0, 0.05) is 11.3 Å². The van der Waals surface area contributed by atoms with Gasteiger partial charge in [-0.05, 0) is 44.0 Å². The highest BCUT2D eigenvalue weighted by Gasteiger charge is 2.28. The topological polar surface area (TPSA) is 80.9 Å². The Morgan fingerprint density at radius 2 is 2.04 bits per heavy atom. The molecule has 7 heteroatoms. The Labute approximate surface area is 159 Å². The monoisotopic (exact) mass is 376 g/mol. The number of benzene rings is 1. The fourth-order valence-electron chi connectivity index (χ4n) is 3.01. The number of amides is 1. The third kappa shape index (κ3) is 3.10. The molecule has 0 spiro atoms. The van der Waals surface area contributed by atoms with Crippen LogP contribution in [0.4, 0.5) is 5.13 Å². The van der Waals surface area contributed by atoms with Crippen molar-refractivity contribution in [1.29, 1.82) is 0 Å². The quantitative estimate of drug-likeness (QED) is 0.554. The fraction of sp³-hybridized carbons (Fsp3) is 0.200. The van der Waals surface area contributed by atoms with E-state index < -0.39 is 0 Å². The third-order valence-electron chi connectivity index (χ3n) is 4.54. The summed E-state index contributed by atoms with van der Waals surface area (Å²) in [4.78, 5) is 17.6. The molecular weight excluding hydrogens is 360 g/mol. The standard InChI is InChI=1S/C20H16N4O2S/c1-11-6-9-17(26-11)16-10-14(13-4-2-3-5-15(13)21-16)18(25)22-20-24-23-19(27-20)12-7-8-12/h2-6,9-10,12H,7-8H2,1H3,(H,22,24,25). The molecule has 134 valence electrons. The molecule has 27 heavy (non-hydrogen) atoms. The minimum Gasteiger partial charge on any atom is -0.460 e. The van der Waals surface area contributed by atoms with Gasteiger partial charge in [-0.25, -0.2) is 4.98 Å². The number of hydrogen-bond acceptors (Lipinski definition) is 6. The lowest BCUT2D eigenvalue weighted by Gasteiger charge is -2.08. The predicted molar refractivity (Wildman–Crippen MR) is 104 cm³/mol. The van der Waals surface area contributed by atoms with Crippen LogP contribution in [0.2, 0.25) is 0 Å². The van der Waals surface area contributed by atoms with E-state index in [9.17, 15) is 4.79 Å². The summed E-state index contributed by atoms with van der Waals surface area (Å²) < 4.78 is 5.69. The van der Waals surface area contributed by atoms with E-state index in [0.717, 1.165) is 34.5 Å². The Morgan fingerprint density at radius 1 is 1.19 bits per heavy atom. The van der Waals surface area contributed by atoms with Crippen LogP contribution in [0.1, 0.15) is 39.9 Å². The minimum atomic E-state index is -0.225. The number of fused-ring (bicyclic) bond motifs is 1. The summed E-state index contributed by atoms with van der Waals surface area (Å²) >= 11 is 1.45. The molecule has 0 saturated heterocycles. The van der Waals surface area contributed by atoms with Crippen molar-refractivity contribution in [3.8, 4) is 11.5 Å². The lowest BCUT2D eigenvalue weighted by atomic mass is 10.1. The van der Waals surface area contributed by atoms with E-state index in [-0.39, 0.29) is 5.91 Å². The van der Waals surface area contributed by atoms with E-state index in [2.05, 4.69) is 20.5 Å². The maximum Gasteiger partial charge on any atom is 0.258 e. The lowest BCUT2D eigenvalue weighted by molar-refractivity contribution is 0.102. The van der Waals surface area contributed by atoms with Crippen LogP contribution in [0.15, 0.2) is 46.9 Å². The molecular formula is C20H16N4O2S.